The van der Waals surface area contributed by atoms with Gasteiger partial charge >= 0.3 is 0 Å². The fourth-order valence-electron chi connectivity index (χ4n) is 1.36. The molecule has 1 heterocycles. The third kappa shape index (κ3) is 2.27. The van der Waals surface area contributed by atoms with Crippen LogP contribution in [-0.2, 0) is 11.3 Å². The molecular formula is C11H14ClNO. The first-order valence-corrected chi connectivity index (χ1v) is 5.21. The highest BCUT2D eigenvalue weighted by atomic mass is 35.5. The lowest BCUT2D eigenvalue weighted by Crippen LogP contribution is -2.48. The maximum absolute atomic E-state index is 6.08. The molecule has 1 aliphatic rings. The quantitative estimate of drug-likeness (QED) is 0.827. The van der Waals surface area contributed by atoms with E-state index in [1.54, 1.807) is 0 Å². The molecule has 0 amide bonds. The Balaban J connectivity index is 1.94. The van der Waals surface area contributed by atoms with E-state index in [-0.39, 0.29) is 0 Å². The molecule has 0 atom stereocenters. The normalized spacial score (nSPS) is 16.7. The van der Waals surface area contributed by atoms with Crippen LogP contribution in [0.4, 0.5) is 0 Å². The monoisotopic (exact) mass is 211 g/mol. The van der Waals surface area contributed by atoms with Crippen LogP contribution in [0.3, 0.4) is 0 Å². The third-order valence-corrected chi connectivity index (χ3v) is 2.78. The highest BCUT2D eigenvalue weighted by Gasteiger charge is 2.17. The largest absolute Gasteiger partial charge is 0.371 e. The molecule has 0 spiro atoms. The van der Waals surface area contributed by atoms with Gasteiger partial charge in [0.2, 0.25) is 0 Å². The molecule has 2 nitrogen and oxygen atoms in total. The molecule has 3 heteroatoms. The fourth-order valence-corrected chi connectivity index (χ4v) is 1.65. The van der Waals surface area contributed by atoms with Gasteiger partial charge in [-0.25, -0.2) is 0 Å². The summed E-state index contributed by atoms with van der Waals surface area (Å²) < 4.78 is 5.64. The average Bonchev–Trinajstić information content (AvgIpc) is 2.05. The minimum atomic E-state index is 0.368. The van der Waals surface area contributed by atoms with E-state index in [1.165, 1.54) is 5.56 Å². The fraction of sp³-hybridized carbons (Fsp3) is 0.455. The zero-order chi connectivity index (χ0) is 9.97. The Kier molecular flexibility index (Phi) is 3.06. The van der Waals surface area contributed by atoms with Crippen molar-refractivity contribution in [2.75, 3.05) is 13.1 Å². The van der Waals surface area contributed by atoms with Crippen LogP contribution >= 0.6 is 11.6 Å². The lowest BCUT2D eigenvalue weighted by atomic mass is 10.1. The van der Waals surface area contributed by atoms with Crippen molar-refractivity contribution in [2.45, 2.75) is 19.6 Å². The number of hydrogen-bond acceptors (Lipinski definition) is 2. The molecule has 76 valence electrons. The molecule has 1 aromatic rings. The molecule has 14 heavy (non-hydrogen) atoms. The van der Waals surface area contributed by atoms with Crippen LogP contribution in [0.25, 0.3) is 0 Å². The zero-order valence-corrected chi connectivity index (χ0v) is 8.97. The van der Waals surface area contributed by atoms with Crippen molar-refractivity contribution >= 4 is 11.6 Å². The Morgan fingerprint density at radius 2 is 2.29 bits per heavy atom. The van der Waals surface area contributed by atoms with E-state index in [1.807, 2.05) is 19.1 Å². The van der Waals surface area contributed by atoms with Gasteiger partial charge < -0.3 is 10.1 Å². The van der Waals surface area contributed by atoms with E-state index in [2.05, 4.69) is 11.4 Å². The second-order valence-electron chi connectivity index (χ2n) is 3.69. The van der Waals surface area contributed by atoms with Gasteiger partial charge in [0.05, 0.1) is 12.7 Å². The second-order valence-corrected chi connectivity index (χ2v) is 4.09. The first kappa shape index (κ1) is 9.97. The maximum atomic E-state index is 6.08. The molecule has 0 bridgehead atoms. The smallest absolute Gasteiger partial charge is 0.0828 e. The van der Waals surface area contributed by atoms with Gasteiger partial charge in [0.25, 0.3) is 0 Å². The molecule has 0 unspecified atom stereocenters. The first-order valence-electron chi connectivity index (χ1n) is 4.83. The van der Waals surface area contributed by atoms with Crippen LogP contribution in [0.15, 0.2) is 18.2 Å². The standard InChI is InChI=1S/C11H14ClNO/c1-8-2-3-9(11(12)4-8)7-14-10-5-13-6-10/h2-4,10,13H,5-7H2,1H3. The van der Waals surface area contributed by atoms with E-state index in [9.17, 15) is 0 Å². The minimum absolute atomic E-state index is 0.368. The number of nitrogens with one attached hydrogen (secondary N) is 1. The van der Waals surface area contributed by atoms with E-state index < -0.39 is 0 Å². The topological polar surface area (TPSA) is 21.3 Å². The summed E-state index contributed by atoms with van der Waals surface area (Å²) >= 11 is 6.08. The van der Waals surface area contributed by atoms with E-state index >= 15 is 0 Å². The van der Waals surface area contributed by atoms with Gasteiger partial charge in [-0.05, 0) is 24.1 Å². The van der Waals surface area contributed by atoms with Crippen molar-refractivity contribution in [1.82, 2.24) is 5.32 Å². The highest BCUT2D eigenvalue weighted by Crippen LogP contribution is 2.19. The van der Waals surface area contributed by atoms with Crippen molar-refractivity contribution < 1.29 is 4.74 Å². The molecule has 1 fully saturated rings. The molecule has 0 aromatic heterocycles. The minimum Gasteiger partial charge on any atom is -0.371 e. The van der Waals surface area contributed by atoms with Gasteiger partial charge in [-0.1, -0.05) is 23.7 Å². The van der Waals surface area contributed by atoms with E-state index in [4.69, 9.17) is 16.3 Å². The Morgan fingerprint density at radius 1 is 1.50 bits per heavy atom. The molecule has 2 rings (SSSR count). The van der Waals surface area contributed by atoms with Crippen molar-refractivity contribution in [3.63, 3.8) is 0 Å². The number of rotatable bonds is 3. The molecule has 0 aliphatic carbocycles. The Bertz CT molecular complexity index is 323. The lowest BCUT2D eigenvalue weighted by Gasteiger charge is -2.27. The number of hydrogen-bond donors (Lipinski definition) is 1. The summed E-state index contributed by atoms with van der Waals surface area (Å²) in [5.41, 5.74) is 2.26. The van der Waals surface area contributed by atoms with Crippen LogP contribution < -0.4 is 5.32 Å². The number of halogens is 1. The van der Waals surface area contributed by atoms with Crippen LogP contribution in [0, 0.1) is 6.92 Å². The van der Waals surface area contributed by atoms with Crippen LogP contribution in [-0.4, -0.2) is 19.2 Å². The van der Waals surface area contributed by atoms with Crippen molar-refractivity contribution in [2.24, 2.45) is 0 Å². The van der Waals surface area contributed by atoms with E-state index in [0.29, 0.717) is 12.7 Å². The maximum Gasteiger partial charge on any atom is 0.0828 e. The van der Waals surface area contributed by atoms with Gasteiger partial charge in [-0.15, -0.1) is 0 Å². The number of ether oxygens (including phenoxy) is 1. The molecule has 0 radical (unpaired) electrons. The van der Waals surface area contributed by atoms with E-state index in [0.717, 1.165) is 23.7 Å². The van der Waals surface area contributed by atoms with Crippen molar-refractivity contribution in [3.8, 4) is 0 Å². The SMILES string of the molecule is Cc1ccc(COC2CNC2)c(Cl)c1. The van der Waals surface area contributed by atoms with Crippen LogP contribution in [0.5, 0.6) is 0 Å². The molecule has 0 saturated carbocycles. The predicted molar refractivity (Wildman–Crippen MR) is 57.6 cm³/mol. The first-order chi connectivity index (χ1) is 6.75. The number of aryl methyl sites for hydroxylation is 1. The average molecular weight is 212 g/mol. The highest BCUT2D eigenvalue weighted by molar-refractivity contribution is 6.31. The molecule has 1 aliphatic heterocycles. The molecule has 1 saturated heterocycles. The summed E-state index contributed by atoms with van der Waals surface area (Å²) in [5.74, 6) is 0. The Morgan fingerprint density at radius 3 is 2.86 bits per heavy atom. The summed E-state index contributed by atoms with van der Waals surface area (Å²) in [5, 5.41) is 3.97. The Labute approximate surface area is 89.2 Å². The van der Waals surface area contributed by atoms with Crippen LogP contribution in [0.1, 0.15) is 11.1 Å². The summed E-state index contributed by atoms with van der Waals surface area (Å²) in [6.07, 6.45) is 0.368. The summed E-state index contributed by atoms with van der Waals surface area (Å²) in [6, 6.07) is 6.06. The van der Waals surface area contributed by atoms with Crippen molar-refractivity contribution in [3.05, 3.63) is 34.3 Å². The third-order valence-electron chi connectivity index (χ3n) is 2.43. The van der Waals surface area contributed by atoms with Gasteiger partial charge in [0.1, 0.15) is 0 Å². The van der Waals surface area contributed by atoms with Gasteiger partial charge in [-0.3, -0.25) is 0 Å². The van der Waals surface area contributed by atoms with Gasteiger partial charge in [0.15, 0.2) is 0 Å². The number of benzene rings is 1. The molecule has 1 aromatic carbocycles. The summed E-state index contributed by atoms with van der Waals surface area (Å²) in [6.45, 7) is 4.57. The summed E-state index contributed by atoms with van der Waals surface area (Å²) in [7, 11) is 0. The summed E-state index contributed by atoms with van der Waals surface area (Å²) in [4.78, 5) is 0. The predicted octanol–water partition coefficient (Wildman–Crippen LogP) is 2.14. The van der Waals surface area contributed by atoms with Gasteiger partial charge in [-0.2, -0.15) is 0 Å². The zero-order valence-electron chi connectivity index (χ0n) is 8.22. The Hall–Kier alpha value is -0.570. The van der Waals surface area contributed by atoms with Gasteiger partial charge in [0, 0.05) is 18.1 Å². The second kappa shape index (κ2) is 4.30. The lowest BCUT2D eigenvalue weighted by molar-refractivity contribution is 0.00762. The van der Waals surface area contributed by atoms with Crippen LogP contribution in [0.2, 0.25) is 5.02 Å². The van der Waals surface area contributed by atoms with Crippen molar-refractivity contribution in [1.29, 1.82) is 0 Å². The molecule has 1 N–H and O–H groups in total. The molecular weight excluding hydrogens is 198 g/mol.